The van der Waals surface area contributed by atoms with E-state index in [0.29, 0.717) is 33.6 Å². The van der Waals surface area contributed by atoms with Crippen molar-refractivity contribution in [3.05, 3.63) is 70.9 Å². The summed E-state index contributed by atoms with van der Waals surface area (Å²) < 4.78 is 11.0. The Morgan fingerprint density at radius 2 is 2.03 bits per heavy atom. The minimum Gasteiger partial charge on any atom is -0.496 e. The van der Waals surface area contributed by atoms with Gasteiger partial charge in [0, 0.05) is 22.5 Å². The van der Waals surface area contributed by atoms with Crippen LogP contribution in [0.15, 0.2) is 59.1 Å². The Bertz CT molecular complexity index is 1270. The van der Waals surface area contributed by atoms with E-state index in [-0.39, 0.29) is 10.7 Å². The number of rotatable bonds is 4. The molecule has 156 valence electrons. The van der Waals surface area contributed by atoms with Gasteiger partial charge in [-0.3, -0.25) is 10.1 Å². The molecule has 0 fully saturated rings. The summed E-state index contributed by atoms with van der Waals surface area (Å²) in [7, 11) is 1.48. The fourth-order valence-corrected chi connectivity index (χ4v) is 3.44. The van der Waals surface area contributed by atoms with Gasteiger partial charge < -0.3 is 14.5 Å². The second-order valence-corrected chi connectivity index (χ2v) is 7.42. The zero-order chi connectivity index (χ0) is 22.0. The number of nitrogens with zero attached hydrogens (tertiary/aromatic N) is 2. The topological polar surface area (TPSA) is 89.3 Å². The third kappa shape index (κ3) is 4.35. The van der Waals surface area contributed by atoms with Gasteiger partial charge in [-0.05, 0) is 67.2 Å². The lowest BCUT2D eigenvalue weighted by Gasteiger charge is -2.14. The van der Waals surface area contributed by atoms with Crippen LogP contribution in [0.25, 0.3) is 22.7 Å². The Morgan fingerprint density at radius 1 is 1.19 bits per heavy atom. The van der Waals surface area contributed by atoms with E-state index in [2.05, 4.69) is 20.6 Å². The molecule has 31 heavy (non-hydrogen) atoms. The number of carbonyl (C=O) groups is 1. The van der Waals surface area contributed by atoms with Gasteiger partial charge in [-0.1, -0.05) is 17.7 Å². The van der Waals surface area contributed by atoms with Gasteiger partial charge in [0.25, 0.3) is 5.91 Å². The third-order valence-corrected chi connectivity index (χ3v) is 5.05. The molecule has 7 nitrogen and oxygen atoms in total. The van der Waals surface area contributed by atoms with Crippen LogP contribution in [0.3, 0.4) is 0 Å². The number of aromatic nitrogens is 2. The second-order valence-electron chi connectivity index (χ2n) is 6.58. The van der Waals surface area contributed by atoms with E-state index in [1.807, 2.05) is 31.2 Å². The van der Waals surface area contributed by atoms with Gasteiger partial charge in [0.15, 0.2) is 16.3 Å². The van der Waals surface area contributed by atoms with Crippen molar-refractivity contribution in [2.45, 2.75) is 6.92 Å². The molecule has 2 aromatic carbocycles. The first-order chi connectivity index (χ1) is 15.0. The predicted molar refractivity (Wildman–Crippen MR) is 124 cm³/mol. The van der Waals surface area contributed by atoms with E-state index in [0.717, 1.165) is 11.1 Å². The Hall–Kier alpha value is -3.49. The standard InChI is InChI=1S/C22H17ClN4O3S/c1-12-14(21-26-19-18(30-21)7-4-10-24-19)5-3-6-16(12)25-22(31)27-20(28)15-11-13(23)8-9-17(15)29-2/h3-11H,1-2H3,(H2,25,27,28,31). The van der Waals surface area contributed by atoms with Gasteiger partial charge in [0.1, 0.15) is 5.75 Å². The number of anilines is 1. The number of methoxy groups -OCH3 is 1. The summed E-state index contributed by atoms with van der Waals surface area (Å²) in [6, 6.07) is 14.0. The SMILES string of the molecule is COc1ccc(Cl)cc1C(=O)NC(=S)Nc1cccc(-c2nc3ncccc3o2)c1C. The first-order valence-corrected chi connectivity index (χ1v) is 10.0. The van der Waals surface area contributed by atoms with Crippen LogP contribution in [-0.2, 0) is 0 Å². The lowest BCUT2D eigenvalue weighted by atomic mass is 10.1. The fourth-order valence-electron chi connectivity index (χ4n) is 3.07. The molecule has 0 aliphatic rings. The number of ether oxygens (including phenoxy) is 1. The van der Waals surface area contributed by atoms with Crippen LogP contribution in [0.4, 0.5) is 5.69 Å². The molecule has 0 unspecified atom stereocenters. The number of thiocarbonyl (C=S) groups is 1. The second kappa shape index (κ2) is 8.71. The molecule has 4 rings (SSSR count). The van der Waals surface area contributed by atoms with Crippen molar-refractivity contribution >= 4 is 51.8 Å². The summed E-state index contributed by atoms with van der Waals surface area (Å²) in [6.07, 6.45) is 1.66. The molecule has 2 heterocycles. The molecular weight excluding hydrogens is 436 g/mol. The molecule has 0 aliphatic heterocycles. The third-order valence-electron chi connectivity index (χ3n) is 4.61. The number of oxazole rings is 1. The van der Waals surface area contributed by atoms with Crippen molar-refractivity contribution in [3.63, 3.8) is 0 Å². The maximum Gasteiger partial charge on any atom is 0.261 e. The van der Waals surface area contributed by atoms with E-state index in [1.54, 1.807) is 24.4 Å². The molecule has 4 aromatic rings. The molecular formula is C22H17ClN4O3S. The maximum absolute atomic E-state index is 12.6. The number of fused-ring (bicyclic) bond motifs is 1. The molecule has 0 radical (unpaired) electrons. The molecule has 0 bridgehead atoms. The number of hydrogen-bond acceptors (Lipinski definition) is 6. The molecule has 0 atom stereocenters. The Labute approximate surface area is 188 Å². The predicted octanol–water partition coefficient (Wildman–Crippen LogP) is 4.99. The van der Waals surface area contributed by atoms with Crippen molar-refractivity contribution in [1.29, 1.82) is 0 Å². The number of halogens is 1. The summed E-state index contributed by atoms with van der Waals surface area (Å²) in [5.41, 5.74) is 3.77. The molecule has 0 spiro atoms. The lowest BCUT2D eigenvalue weighted by Crippen LogP contribution is -2.34. The number of amides is 1. The zero-order valence-corrected chi connectivity index (χ0v) is 18.2. The first kappa shape index (κ1) is 20.8. The molecule has 0 aliphatic carbocycles. The summed E-state index contributed by atoms with van der Waals surface area (Å²) in [5, 5.41) is 6.24. The van der Waals surface area contributed by atoms with Gasteiger partial charge >= 0.3 is 0 Å². The summed E-state index contributed by atoms with van der Waals surface area (Å²) in [4.78, 5) is 21.3. The van der Waals surface area contributed by atoms with Crippen LogP contribution in [0.2, 0.25) is 5.02 Å². The average Bonchev–Trinajstić information content (AvgIpc) is 3.19. The van der Waals surface area contributed by atoms with E-state index >= 15 is 0 Å². The van der Waals surface area contributed by atoms with Gasteiger partial charge in [0.05, 0.1) is 12.7 Å². The average molecular weight is 453 g/mol. The van der Waals surface area contributed by atoms with Crippen LogP contribution in [-0.4, -0.2) is 28.1 Å². The van der Waals surface area contributed by atoms with Crippen LogP contribution < -0.4 is 15.4 Å². The van der Waals surface area contributed by atoms with E-state index in [1.165, 1.54) is 13.2 Å². The van der Waals surface area contributed by atoms with E-state index in [4.69, 9.17) is 33.0 Å². The number of benzene rings is 2. The molecule has 0 saturated heterocycles. The van der Waals surface area contributed by atoms with Gasteiger partial charge in [-0.2, -0.15) is 4.98 Å². The molecule has 1 amide bonds. The quantitative estimate of drug-likeness (QED) is 0.422. The summed E-state index contributed by atoms with van der Waals surface area (Å²) >= 11 is 11.3. The number of nitrogens with one attached hydrogen (secondary N) is 2. The Morgan fingerprint density at radius 3 is 2.81 bits per heavy atom. The highest BCUT2D eigenvalue weighted by atomic mass is 35.5. The van der Waals surface area contributed by atoms with Crippen LogP contribution in [0, 0.1) is 6.92 Å². The number of carbonyl (C=O) groups excluding carboxylic acids is 1. The maximum atomic E-state index is 12.6. The lowest BCUT2D eigenvalue weighted by molar-refractivity contribution is 0.0975. The zero-order valence-electron chi connectivity index (χ0n) is 16.6. The largest absolute Gasteiger partial charge is 0.496 e. The highest BCUT2D eigenvalue weighted by Crippen LogP contribution is 2.30. The number of pyridine rings is 1. The first-order valence-electron chi connectivity index (χ1n) is 9.23. The van der Waals surface area contributed by atoms with Crippen LogP contribution >= 0.6 is 23.8 Å². The molecule has 0 saturated carbocycles. The Balaban J connectivity index is 1.54. The fraction of sp³-hybridized carbons (Fsp3) is 0.0909. The smallest absolute Gasteiger partial charge is 0.261 e. The van der Waals surface area contributed by atoms with Crippen molar-refractivity contribution in [2.24, 2.45) is 0 Å². The summed E-state index contributed by atoms with van der Waals surface area (Å²) in [5.74, 6) is 0.414. The van der Waals surface area contributed by atoms with Crippen LogP contribution in [0.1, 0.15) is 15.9 Å². The monoisotopic (exact) mass is 452 g/mol. The van der Waals surface area contributed by atoms with Gasteiger partial charge in [0.2, 0.25) is 5.89 Å². The normalized spacial score (nSPS) is 10.7. The minimum atomic E-state index is -0.435. The molecule has 2 aromatic heterocycles. The van der Waals surface area contributed by atoms with Gasteiger partial charge in [-0.25, -0.2) is 4.98 Å². The van der Waals surface area contributed by atoms with Crippen molar-refractivity contribution in [1.82, 2.24) is 15.3 Å². The van der Waals surface area contributed by atoms with Crippen molar-refractivity contribution < 1.29 is 13.9 Å². The van der Waals surface area contributed by atoms with E-state index < -0.39 is 5.91 Å². The highest BCUT2D eigenvalue weighted by molar-refractivity contribution is 7.80. The minimum absolute atomic E-state index is 0.131. The van der Waals surface area contributed by atoms with Crippen LogP contribution in [0.5, 0.6) is 5.75 Å². The number of hydrogen-bond donors (Lipinski definition) is 2. The van der Waals surface area contributed by atoms with Gasteiger partial charge in [-0.15, -0.1) is 0 Å². The van der Waals surface area contributed by atoms with Crippen molar-refractivity contribution in [3.8, 4) is 17.2 Å². The summed E-state index contributed by atoms with van der Waals surface area (Å²) in [6.45, 7) is 1.91. The van der Waals surface area contributed by atoms with E-state index in [9.17, 15) is 4.79 Å². The molecule has 9 heteroatoms. The molecule has 2 N–H and O–H groups in total. The Kier molecular flexibility index (Phi) is 5.83. The highest BCUT2D eigenvalue weighted by Gasteiger charge is 2.17. The van der Waals surface area contributed by atoms with Crippen molar-refractivity contribution in [2.75, 3.05) is 12.4 Å².